The molecule has 26 heavy (non-hydrogen) atoms. The Hall–Kier alpha value is -2.97. The number of ether oxygens (including phenoxy) is 3. The molecule has 0 aliphatic carbocycles. The summed E-state index contributed by atoms with van der Waals surface area (Å²) >= 11 is 0. The minimum atomic E-state index is -0.316. The van der Waals surface area contributed by atoms with Gasteiger partial charge in [-0.3, -0.25) is 9.78 Å². The lowest BCUT2D eigenvalue weighted by Gasteiger charge is -2.34. The number of benzene rings is 1. The third-order valence-corrected chi connectivity index (χ3v) is 4.30. The maximum Gasteiger partial charge on any atom is 0.409 e. The molecule has 140 valence electrons. The summed E-state index contributed by atoms with van der Waals surface area (Å²) < 4.78 is 15.5. The van der Waals surface area contributed by atoms with Crippen molar-refractivity contribution < 1.29 is 19.0 Å². The first kappa shape index (κ1) is 17.8. The molecular weight excluding hydrogens is 340 g/mol. The number of aromatic amines is 1. The second-order valence-electron chi connectivity index (χ2n) is 5.79. The summed E-state index contributed by atoms with van der Waals surface area (Å²) in [6.07, 6.45) is -0.316. The molecule has 1 amide bonds. The number of hydrogen-bond donors (Lipinski definition) is 1. The molecule has 9 heteroatoms. The van der Waals surface area contributed by atoms with E-state index in [0.717, 1.165) is 0 Å². The number of nitrogens with one attached hydrogen (secondary N) is 1. The first-order chi connectivity index (χ1) is 12.6. The van der Waals surface area contributed by atoms with Gasteiger partial charge in [0.25, 0.3) is 5.56 Å². The molecule has 1 aliphatic heterocycles. The van der Waals surface area contributed by atoms with Crippen LogP contribution in [-0.2, 0) is 4.74 Å². The third kappa shape index (κ3) is 3.37. The van der Waals surface area contributed by atoms with Crippen LogP contribution >= 0.6 is 0 Å². The quantitative estimate of drug-likeness (QED) is 0.873. The average molecular weight is 362 g/mol. The second-order valence-corrected chi connectivity index (χ2v) is 5.79. The first-order valence-corrected chi connectivity index (χ1v) is 8.40. The van der Waals surface area contributed by atoms with Crippen LogP contribution in [0.5, 0.6) is 11.5 Å². The number of anilines is 1. The number of carbonyl (C=O) groups excluding carboxylic acids is 1. The highest BCUT2D eigenvalue weighted by Gasteiger charge is 2.23. The number of carbonyl (C=O) groups is 1. The molecule has 2 aromatic rings. The third-order valence-electron chi connectivity index (χ3n) is 4.30. The molecule has 1 aromatic carbocycles. The van der Waals surface area contributed by atoms with Crippen LogP contribution in [-0.4, -0.2) is 68.0 Å². The fourth-order valence-corrected chi connectivity index (χ4v) is 2.92. The van der Waals surface area contributed by atoms with Gasteiger partial charge in [-0.1, -0.05) is 0 Å². The number of H-pyrrole nitrogens is 1. The maximum absolute atomic E-state index is 12.5. The molecule has 0 radical (unpaired) electrons. The Morgan fingerprint density at radius 3 is 2.42 bits per heavy atom. The number of piperazine rings is 1. The van der Waals surface area contributed by atoms with Crippen molar-refractivity contribution in [2.24, 2.45) is 0 Å². The lowest BCUT2D eigenvalue weighted by Crippen LogP contribution is -2.49. The van der Waals surface area contributed by atoms with Crippen LogP contribution < -0.4 is 19.9 Å². The predicted octanol–water partition coefficient (Wildman–Crippen LogP) is 1.22. The fourth-order valence-electron chi connectivity index (χ4n) is 2.92. The van der Waals surface area contributed by atoms with E-state index in [-0.39, 0.29) is 11.7 Å². The highest BCUT2D eigenvalue weighted by atomic mass is 16.6. The number of rotatable bonds is 4. The second kappa shape index (κ2) is 7.51. The molecule has 1 N–H and O–H groups in total. The molecular formula is C17H22N4O5. The van der Waals surface area contributed by atoms with E-state index in [4.69, 9.17) is 14.2 Å². The lowest BCUT2D eigenvalue weighted by molar-refractivity contribution is 0.105. The van der Waals surface area contributed by atoms with E-state index in [1.165, 1.54) is 14.2 Å². The van der Waals surface area contributed by atoms with E-state index in [1.54, 1.807) is 24.0 Å². The lowest BCUT2D eigenvalue weighted by atomic mass is 10.2. The summed E-state index contributed by atoms with van der Waals surface area (Å²) in [5, 5.41) is 0.427. The molecule has 9 nitrogen and oxygen atoms in total. The van der Waals surface area contributed by atoms with Gasteiger partial charge in [0.05, 0.1) is 31.7 Å². The summed E-state index contributed by atoms with van der Waals surface area (Å²) in [6.45, 7) is 4.26. The van der Waals surface area contributed by atoms with E-state index in [0.29, 0.717) is 61.1 Å². The van der Waals surface area contributed by atoms with Crippen molar-refractivity contribution in [1.82, 2.24) is 14.9 Å². The van der Waals surface area contributed by atoms with Gasteiger partial charge >= 0.3 is 6.09 Å². The Balaban J connectivity index is 1.85. The Bertz CT molecular complexity index is 858. The summed E-state index contributed by atoms with van der Waals surface area (Å²) in [5.41, 5.74) is 0.271. The molecule has 0 saturated carbocycles. The minimum Gasteiger partial charge on any atom is -0.493 e. The van der Waals surface area contributed by atoms with Gasteiger partial charge in [-0.25, -0.2) is 9.78 Å². The van der Waals surface area contributed by atoms with Gasteiger partial charge in [-0.2, -0.15) is 0 Å². The van der Waals surface area contributed by atoms with Crippen molar-refractivity contribution in [1.29, 1.82) is 0 Å². The smallest absolute Gasteiger partial charge is 0.409 e. The van der Waals surface area contributed by atoms with Crippen LogP contribution in [0.4, 0.5) is 10.7 Å². The van der Waals surface area contributed by atoms with Gasteiger partial charge in [-0.15, -0.1) is 0 Å². The minimum absolute atomic E-state index is 0.251. The van der Waals surface area contributed by atoms with Crippen LogP contribution in [0.25, 0.3) is 10.9 Å². The number of aromatic nitrogens is 2. The Labute approximate surface area is 150 Å². The Morgan fingerprint density at radius 1 is 1.15 bits per heavy atom. The van der Waals surface area contributed by atoms with Crippen molar-refractivity contribution in [3.8, 4) is 11.5 Å². The number of nitrogens with zero attached hydrogens (tertiary/aromatic N) is 3. The van der Waals surface area contributed by atoms with E-state index >= 15 is 0 Å². The molecule has 3 rings (SSSR count). The summed E-state index contributed by atoms with van der Waals surface area (Å²) in [7, 11) is 3.05. The van der Waals surface area contributed by atoms with Crippen molar-refractivity contribution in [3.63, 3.8) is 0 Å². The monoisotopic (exact) mass is 362 g/mol. The van der Waals surface area contributed by atoms with Gasteiger partial charge < -0.3 is 24.0 Å². The molecule has 0 unspecified atom stereocenters. The zero-order valence-corrected chi connectivity index (χ0v) is 15.1. The van der Waals surface area contributed by atoms with Gasteiger partial charge in [0, 0.05) is 32.2 Å². The van der Waals surface area contributed by atoms with Crippen LogP contribution in [0.2, 0.25) is 0 Å². The SMILES string of the molecule is CCOC(=O)N1CCN(c2nc3cc(OC)c(OC)cc3c(=O)[nH]2)CC1. The summed E-state index contributed by atoms with van der Waals surface area (Å²) in [6, 6.07) is 3.30. The number of amides is 1. The van der Waals surface area contributed by atoms with Crippen molar-refractivity contribution >= 4 is 22.9 Å². The summed E-state index contributed by atoms with van der Waals surface area (Å²) in [5.74, 6) is 1.46. The molecule has 1 fully saturated rings. The van der Waals surface area contributed by atoms with Crippen LogP contribution in [0.15, 0.2) is 16.9 Å². The molecule has 0 atom stereocenters. The van der Waals surface area contributed by atoms with Crippen molar-refractivity contribution in [3.05, 3.63) is 22.5 Å². The van der Waals surface area contributed by atoms with Gasteiger partial charge in [0.1, 0.15) is 0 Å². The summed E-state index contributed by atoms with van der Waals surface area (Å²) in [4.78, 5) is 35.2. The van der Waals surface area contributed by atoms with E-state index in [1.807, 2.05) is 4.90 Å². The van der Waals surface area contributed by atoms with E-state index in [2.05, 4.69) is 9.97 Å². The Morgan fingerprint density at radius 2 is 1.81 bits per heavy atom. The van der Waals surface area contributed by atoms with Crippen LogP contribution in [0.3, 0.4) is 0 Å². The predicted molar refractivity (Wildman–Crippen MR) is 96.3 cm³/mol. The standard InChI is InChI=1S/C17H22N4O5/c1-4-26-17(23)21-7-5-20(6-8-21)16-18-12-10-14(25-3)13(24-2)9-11(12)15(22)19-16/h9-10H,4-8H2,1-3H3,(H,18,19,22). The van der Waals surface area contributed by atoms with Crippen LogP contribution in [0, 0.1) is 0 Å². The Kier molecular flexibility index (Phi) is 5.15. The zero-order valence-electron chi connectivity index (χ0n) is 15.1. The maximum atomic E-state index is 12.5. The largest absolute Gasteiger partial charge is 0.493 e. The van der Waals surface area contributed by atoms with E-state index in [9.17, 15) is 9.59 Å². The van der Waals surface area contributed by atoms with Gasteiger partial charge in [0.15, 0.2) is 11.5 Å². The average Bonchev–Trinajstić information content (AvgIpc) is 2.67. The van der Waals surface area contributed by atoms with E-state index < -0.39 is 0 Å². The van der Waals surface area contributed by atoms with Crippen LogP contribution in [0.1, 0.15) is 6.92 Å². The first-order valence-electron chi connectivity index (χ1n) is 8.40. The normalized spacial score (nSPS) is 14.4. The fraction of sp³-hybridized carbons (Fsp3) is 0.471. The highest BCUT2D eigenvalue weighted by molar-refractivity contribution is 5.82. The number of hydrogen-bond acceptors (Lipinski definition) is 7. The van der Waals surface area contributed by atoms with Gasteiger partial charge in [-0.05, 0) is 13.0 Å². The molecule has 0 bridgehead atoms. The number of methoxy groups -OCH3 is 2. The zero-order chi connectivity index (χ0) is 18.7. The topological polar surface area (TPSA) is 97.0 Å². The molecule has 1 aromatic heterocycles. The number of fused-ring (bicyclic) bond motifs is 1. The molecule has 2 heterocycles. The molecule has 1 aliphatic rings. The highest BCUT2D eigenvalue weighted by Crippen LogP contribution is 2.30. The van der Waals surface area contributed by atoms with Crippen molar-refractivity contribution in [2.45, 2.75) is 6.92 Å². The molecule has 1 saturated heterocycles. The van der Waals surface area contributed by atoms with Gasteiger partial charge in [0.2, 0.25) is 5.95 Å². The molecule has 0 spiro atoms. The van der Waals surface area contributed by atoms with Crippen molar-refractivity contribution in [2.75, 3.05) is 51.9 Å².